The molecule has 0 aliphatic rings. The van der Waals surface area contributed by atoms with Crippen LogP contribution >= 0.6 is 0 Å². The Balaban J connectivity index is 2.26. The number of aryl methyl sites for hydroxylation is 1. The topological polar surface area (TPSA) is 47.0 Å². The predicted octanol–water partition coefficient (Wildman–Crippen LogP) is 3.96. The van der Waals surface area contributed by atoms with Crippen molar-refractivity contribution in [3.8, 4) is 5.88 Å². The van der Waals surface area contributed by atoms with Crippen molar-refractivity contribution in [3.05, 3.63) is 11.8 Å². The van der Waals surface area contributed by atoms with E-state index in [4.69, 9.17) is 4.74 Å². The average Bonchev–Trinajstić information content (AvgIpc) is 2.41. The lowest BCUT2D eigenvalue weighted by Gasteiger charge is -2.09. The molecule has 0 spiro atoms. The van der Waals surface area contributed by atoms with Gasteiger partial charge in [0.15, 0.2) is 0 Å². The number of ether oxygens (including phenoxy) is 1. The van der Waals surface area contributed by atoms with Gasteiger partial charge in [0, 0.05) is 18.3 Å². The molecule has 19 heavy (non-hydrogen) atoms. The fourth-order valence-corrected chi connectivity index (χ4v) is 1.87. The van der Waals surface area contributed by atoms with Gasteiger partial charge in [-0.1, -0.05) is 39.0 Å². The molecule has 0 atom stereocenters. The first-order valence-electron chi connectivity index (χ1n) is 7.48. The number of hydrogen-bond donors (Lipinski definition) is 1. The first kappa shape index (κ1) is 15.7. The number of nitrogens with one attached hydrogen (secondary N) is 1. The molecule has 1 aromatic heterocycles. The molecule has 0 aliphatic carbocycles. The molecule has 1 N–H and O–H groups in total. The van der Waals surface area contributed by atoms with Gasteiger partial charge in [-0.15, -0.1) is 0 Å². The van der Waals surface area contributed by atoms with E-state index >= 15 is 0 Å². The third-order valence-electron chi connectivity index (χ3n) is 3.00. The molecule has 0 aromatic carbocycles. The Morgan fingerprint density at radius 3 is 2.58 bits per heavy atom. The molecule has 0 radical (unpaired) electrons. The lowest BCUT2D eigenvalue weighted by molar-refractivity contribution is 0.291. The van der Waals surface area contributed by atoms with Gasteiger partial charge in [0.2, 0.25) is 11.8 Å². The van der Waals surface area contributed by atoms with Crippen LogP contribution in [0.5, 0.6) is 5.88 Å². The van der Waals surface area contributed by atoms with Crippen molar-refractivity contribution >= 4 is 5.95 Å². The van der Waals surface area contributed by atoms with Crippen molar-refractivity contribution in [2.45, 2.75) is 59.3 Å². The fourth-order valence-electron chi connectivity index (χ4n) is 1.87. The highest BCUT2D eigenvalue weighted by atomic mass is 16.5. The molecule has 0 saturated carbocycles. The Bertz CT molecular complexity index is 355. The van der Waals surface area contributed by atoms with E-state index in [0.29, 0.717) is 11.8 Å². The van der Waals surface area contributed by atoms with Crippen LogP contribution in [-0.4, -0.2) is 23.1 Å². The van der Waals surface area contributed by atoms with Crippen molar-refractivity contribution in [1.82, 2.24) is 9.97 Å². The van der Waals surface area contributed by atoms with Crippen LogP contribution in [0.3, 0.4) is 0 Å². The molecule has 0 unspecified atom stereocenters. The predicted molar refractivity (Wildman–Crippen MR) is 79.8 cm³/mol. The number of aromatic nitrogens is 2. The molecule has 1 aromatic rings. The molecule has 0 aliphatic heterocycles. The molecule has 0 bridgehead atoms. The molecule has 4 heteroatoms. The van der Waals surface area contributed by atoms with Crippen LogP contribution in [0.15, 0.2) is 6.20 Å². The molecule has 0 amide bonds. The highest BCUT2D eigenvalue weighted by Crippen LogP contribution is 2.15. The Morgan fingerprint density at radius 1 is 1.11 bits per heavy atom. The second-order valence-electron chi connectivity index (χ2n) is 4.83. The summed E-state index contributed by atoms with van der Waals surface area (Å²) in [4.78, 5) is 8.57. The van der Waals surface area contributed by atoms with E-state index < -0.39 is 0 Å². The maximum absolute atomic E-state index is 5.74. The van der Waals surface area contributed by atoms with Crippen molar-refractivity contribution in [1.29, 1.82) is 0 Å². The molecule has 1 rings (SSSR count). The summed E-state index contributed by atoms with van der Waals surface area (Å²) in [6.07, 6.45) is 9.44. The van der Waals surface area contributed by atoms with Crippen LogP contribution in [0.1, 0.15) is 57.9 Å². The minimum atomic E-state index is 0.644. The highest BCUT2D eigenvalue weighted by Gasteiger charge is 2.04. The molecule has 1 heterocycles. The van der Waals surface area contributed by atoms with E-state index in [2.05, 4.69) is 22.2 Å². The molecule has 0 fully saturated rings. The molecular formula is C15H27N3O. The second-order valence-corrected chi connectivity index (χ2v) is 4.83. The van der Waals surface area contributed by atoms with Gasteiger partial charge in [-0.3, -0.25) is 0 Å². The zero-order valence-corrected chi connectivity index (χ0v) is 12.5. The van der Waals surface area contributed by atoms with Crippen LogP contribution in [0.2, 0.25) is 0 Å². The summed E-state index contributed by atoms with van der Waals surface area (Å²) in [5.41, 5.74) is 0.993. The van der Waals surface area contributed by atoms with Gasteiger partial charge in [0.1, 0.15) is 0 Å². The van der Waals surface area contributed by atoms with Crippen LogP contribution in [0.25, 0.3) is 0 Å². The fraction of sp³-hybridized carbons (Fsp3) is 0.733. The number of nitrogens with zero attached hydrogens (tertiary/aromatic N) is 2. The number of anilines is 1. The van der Waals surface area contributed by atoms with Crippen LogP contribution in [0, 0.1) is 6.92 Å². The van der Waals surface area contributed by atoms with E-state index in [-0.39, 0.29) is 0 Å². The maximum Gasteiger partial charge on any atom is 0.225 e. The number of unbranched alkanes of at least 4 members (excludes halogenated alkanes) is 5. The van der Waals surface area contributed by atoms with Gasteiger partial charge in [-0.2, -0.15) is 4.98 Å². The Labute approximate surface area is 117 Å². The molecule has 0 saturated heterocycles. The average molecular weight is 265 g/mol. The summed E-state index contributed by atoms with van der Waals surface area (Å²) >= 11 is 0. The zero-order valence-electron chi connectivity index (χ0n) is 12.5. The third kappa shape index (κ3) is 6.41. The van der Waals surface area contributed by atoms with E-state index in [0.717, 1.165) is 25.1 Å². The molecular weight excluding hydrogens is 238 g/mol. The zero-order chi connectivity index (χ0) is 13.9. The van der Waals surface area contributed by atoms with Crippen molar-refractivity contribution < 1.29 is 4.74 Å². The second kappa shape index (κ2) is 9.59. The Morgan fingerprint density at radius 2 is 1.84 bits per heavy atom. The Hall–Kier alpha value is -1.32. The SMILES string of the molecule is CCCCCCCCOc1nc(NCC)ncc1C. The lowest BCUT2D eigenvalue weighted by atomic mass is 10.1. The summed E-state index contributed by atoms with van der Waals surface area (Å²) in [6.45, 7) is 7.81. The van der Waals surface area contributed by atoms with E-state index in [1.165, 1.54) is 32.1 Å². The van der Waals surface area contributed by atoms with Crippen molar-refractivity contribution in [2.24, 2.45) is 0 Å². The quantitative estimate of drug-likeness (QED) is 0.651. The summed E-state index contributed by atoms with van der Waals surface area (Å²) in [5.74, 6) is 1.35. The van der Waals surface area contributed by atoms with Crippen molar-refractivity contribution in [2.75, 3.05) is 18.5 Å². The lowest BCUT2D eigenvalue weighted by Crippen LogP contribution is -2.06. The van der Waals surface area contributed by atoms with E-state index in [1.54, 1.807) is 0 Å². The standard InChI is InChI=1S/C15H27N3O/c1-4-6-7-8-9-10-11-19-14-13(3)12-17-15(18-14)16-5-2/h12H,4-11H2,1-3H3,(H,16,17,18). The van der Waals surface area contributed by atoms with Gasteiger partial charge in [0.25, 0.3) is 0 Å². The van der Waals surface area contributed by atoms with E-state index in [9.17, 15) is 0 Å². The van der Waals surface area contributed by atoms with E-state index in [1.807, 2.05) is 20.0 Å². The normalized spacial score (nSPS) is 10.5. The van der Waals surface area contributed by atoms with Crippen molar-refractivity contribution in [3.63, 3.8) is 0 Å². The minimum absolute atomic E-state index is 0.644. The largest absolute Gasteiger partial charge is 0.477 e. The summed E-state index contributed by atoms with van der Waals surface area (Å²) < 4.78 is 5.74. The number of hydrogen-bond acceptors (Lipinski definition) is 4. The van der Waals surface area contributed by atoms with Gasteiger partial charge in [-0.05, 0) is 20.3 Å². The van der Waals surface area contributed by atoms with Gasteiger partial charge in [-0.25, -0.2) is 4.98 Å². The summed E-state index contributed by atoms with van der Waals surface area (Å²) in [5, 5.41) is 3.10. The molecule has 108 valence electrons. The van der Waals surface area contributed by atoms with Gasteiger partial charge >= 0.3 is 0 Å². The van der Waals surface area contributed by atoms with Gasteiger partial charge in [0.05, 0.1) is 6.61 Å². The monoisotopic (exact) mass is 265 g/mol. The Kier molecular flexibility index (Phi) is 7.94. The first-order valence-corrected chi connectivity index (χ1v) is 7.48. The van der Waals surface area contributed by atoms with Crippen LogP contribution in [-0.2, 0) is 0 Å². The van der Waals surface area contributed by atoms with Crippen LogP contribution in [0.4, 0.5) is 5.95 Å². The minimum Gasteiger partial charge on any atom is -0.477 e. The third-order valence-corrected chi connectivity index (χ3v) is 3.00. The number of rotatable bonds is 10. The summed E-state index contributed by atoms with van der Waals surface area (Å²) in [6, 6.07) is 0. The maximum atomic E-state index is 5.74. The highest BCUT2D eigenvalue weighted by molar-refractivity contribution is 5.32. The van der Waals surface area contributed by atoms with Gasteiger partial charge < -0.3 is 10.1 Å². The van der Waals surface area contributed by atoms with Crippen LogP contribution < -0.4 is 10.1 Å². The summed E-state index contributed by atoms with van der Waals surface area (Å²) in [7, 11) is 0. The molecule has 4 nitrogen and oxygen atoms in total. The smallest absolute Gasteiger partial charge is 0.225 e. The first-order chi connectivity index (χ1) is 9.27.